The first kappa shape index (κ1) is 14.9. The molecule has 0 radical (unpaired) electrons. The molecule has 3 nitrogen and oxygen atoms in total. The van der Waals surface area contributed by atoms with Crippen molar-refractivity contribution in [2.45, 2.75) is 50.6 Å². The fourth-order valence-corrected chi connectivity index (χ4v) is 4.47. The molecule has 0 aliphatic carbocycles. The third-order valence-corrected chi connectivity index (χ3v) is 5.86. The number of rotatable bonds is 4. The molecule has 0 spiro atoms. The van der Waals surface area contributed by atoms with E-state index in [2.05, 4.69) is 48.3 Å². The maximum absolute atomic E-state index is 12.6. The van der Waals surface area contributed by atoms with Crippen LogP contribution in [0.25, 0.3) is 0 Å². The average molecular weight is 304 g/mol. The first-order valence-electron chi connectivity index (χ1n) is 7.93. The molecular weight excluding hydrogens is 280 g/mol. The van der Waals surface area contributed by atoms with E-state index in [0.717, 1.165) is 13.0 Å². The SMILES string of the molecule is CCC1NC(c2ccc(C)cc2)N(CC2CCCS2)C1=O. The molecular formula is C17H24N2OS. The second-order valence-corrected chi connectivity index (χ2v) is 7.47. The lowest BCUT2D eigenvalue weighted by Gasteiger charge is -2.27. The molecule has 3 rings (SSSR count). The fourth-order valence-electron chi connectivity index (χ4n) is 3.20. The third kappa shape index (κ3) is 3.11. The highest BCUT2D eigenvalue weighted by Crippen LogP contribution is 2.32. The number of amides is 1. The van der Waals surface area contributed by atoms with E-state index in [1.54, 1.807) is 0 Å². The number of carbonyl (C=O) groups is 1. The average Bonchev–Trinajstić information content (AvgIpc) is 3.10. The van der Waals surface area contributed by atoms with Gasteiger partial charge in [-0.05, 0) is 37.5 Å². The van der Waals surface area contributed by atoms with Crippen molar-refractivity contribution in [1.29, 1.82) is 0 Å². The van der Waals surface area contributed by atoms with Crippen LogP contribution in [-0.2, 0) is 4.79 Å². The van der Waals surface area contributed by atoms with Crippen LogP contribution in [0.15, 0.2) is 24.3 Å². The third-order valence-electron chi connectivity index (χ3n) is 4.48. The standard InChI is InChI=1S/C17H24N2OS/c1-3-15-17(20)19(11-14-5-4-10-21-14)16(18-15)13-8-6-12(2)7-9-13/h6-9,14-16,18H,3-5,10-11H2,1-2H3. The Morgan fingerprint density at radius 3 is 2.71 bits per heavy atom. The maximum Gasteiger partial charge on any atom is 0.241 e. The molecule has 1 aromatic carbocycles. The van der Waals surface area contributed by atoms with Crippen LogP contribution in [-0.4, -0.2) is 34.4 Å². The van der Waals surface area contributed by atoms with Crippen LogP contribution < -0.4 is 5.32 Å². The zero-order chi connectivity index (χ0) is 14.8. The van der Waals surface area contributed by atoms with Crippen molar-refractivity contribution < 1.29 is 4.79 Å². The molecule has 2 aliphatic heterocycles. The van der Waals surface area contributed by atoms with Gasteiger partial charge in [0.2, 0.25) is 5.91 Å². The molecule has 2 heterocycles. The molecule has 2 aliphatic rings. The van der Waals surface area contributed by atoms with E-state index in [0.29, 0.717) is 5.25 Å². The van der Waals surface area contributed by atoms with E-state index in [-0.39, 0.29) is 18.1 Å². The molecule has 114 valence electrons. The topological polar surface area (TPSA) is 32.3 Å². The van der Waals surface area contributed by atoms with Gasteiger partial charge in [-0.2, -0.15) is 11.8 Å². The number of thioether (sulfide) groups is 1. The summed E-state index contributed by atoms with van der Waals surface area (Å²) in [5.74, 6) is 1.52. The number of hydrogen-bond donors (Lipinski definition) is 1. The Bertz CT molecular complexity index is 496. The van der Waals surface area contributed by atoms with Gasteiger partial charge in [0.1, 0.15) is 6.17 Å². The van der Waals surface area contributed by atoms with Crippen molar-refractivity contribution in [3.8, 4) is 0 Å². The second kappa shape index (κ2) is 6.41. The molecule has 1 aromatic rings. The normalized spacial score (nSPS) is 29.3. The molecule has 1 N–H and O–H groups in total. The Hall–Kier alpha value is -1.00. The zero-order valence-electron chi connectivity index (χ0n) is 12.8. The molecule has 0 saturated carbocycles. The number of nitrogens with one attached hydrogen (secondary N) is 1. The molecule has 2 fully saturated rings. The minimum Gasteiger partial charge on any atom is -0.320 e. The van der Waals surface area contributed by atoms with E-state index in [1.807, 2.05) is 11.8 Å². The summed E-state index contributed by atoms with van der Waals surface area (Å²) in [5, 5.41) is 4.13. The van der Waals surface area contributed by atoms with Crippen molar-refractivity contribution in [2.75, 3.05) is 12.3 Å². The number of nitrogens with zero attached hydrogens (tertiary/aromatic N) is 1. The van der Waals surface area contributed by atoms with E-state index in [9.17, 15) is 4.79 Å². The van der Waals surface area contributed by atoms with E-state index in [4.69, 9.17) is 0 Å². The summed E-state index contributed by atoms with van der Waals surface area (Å²) in [6, 6.07) is 8.52. The Morgan fingerprint density at radius 2 is 2.10 bits per heavy atom. The first-order valence-corrected chi connectivity index (χ1v) is 8.98. The Morgan fingerprint density at radius 1 is 1.33 bits per heavy atom. The maximum atomic E-state index is 12.6. The van der Waals surface area contributed by atoms with Crippen molar-refractivity contribution >= 4 is 17.7 Å². The molecule has 3 atom stereocenters. The smallest absolute Gasteiger partial charge is 0.241 e. The van der Waals surface area contributed by atoms with Gasteiger partial charge in [0.15, 0.2) is 0 Å². The molecule has 4 heteroatoms. The van der Waals surface area contributed by atoms with Gasteiger partial charge in [-0.15, -0.1) is 0 Å². The van der Waals surface area contributed by atoms with Crippen LogP contribution in [0.1, 0.15) is 43.5 Å². The molecule has 1 amide bonds. The van der Waals surface area contributed by atoms with Crippen LogP contribution >= 0.6 is 11.8 Å². The summed E-state index contributed by atoms with van der Waals surface area (Å²) in [5.41, 5.74) is 2.46. The van der Waals surface area contributed by atoms with Gasteiger partial charge < -0.3 is 4.90 Å². The lowest BCUT2D eigenvalue weighted by Crippen LogP contribution is -2.35. The molecule has 3 unspecified atom stereocenters. The van der Waals surface area contributed by atoms with Crippen LogP contribution in [0.2, 0.25) is 0 Å². The van der Waals surface area contributed by atoms with Crippen LogP contribution in [0.5, 0.6) is 0 Å². The Balaban J connectivity index is 1.81. The van der Waals surface area contributed by atoms with Gasteiger partial charge >= 0.3 is 0 Å². The fraction of sp³-hybridized carbons (Fsp3) is 0.588. The number of carbonyl (C=O) groups excluding carboxylic acids is 1. The first-order chi connectivity index (χ1) is 10.2. The molecule has 2 saturated heterocycles. The summed E-state index contributed by atoms with van der Waals surface area (Å²) in [4.78, 5) is 14.7. The van der Waals surface area contributed by atoms with Crippen molar-refractivity contribution in [2.24, 2.45) is 0 Å². The van der Waals surface area contributed by atoms with Crippen LogP contribution in [0.3, 0.4) is 0 Å². The van der Waals surface area contributed by atoms with E-state index >= 15 is 0 Å². The minimum absolute atomic E-state index is 0.0253. The summed E-state index contributed by atoms with van der Waals surface area (Å²) >= 11 is 2.02. The van der Waals surface area contributed by atoms with Gasteiger partial charge in [0.25, 0.3) is 0 Å². The summed E-state index contributed by atoms with van der Waals surface area (Å²) in [6.07, 6.45) is 3.43. The summed E-state index contributed by atoms with van der Waals surface area (Å²) < 4.78 is 0. The second-order valence-electron chi connectivity index (χ2n) is 6.07. The highest BCUT2D eigenvalue weighted by molar-refractivity contribution is 8.00. The number of benzene rings is 1. The minimum atomic E-state index is -0.0253. The highest BCUT2D eigenvalue weighted by Gasteiger charge is 2.39. The van der Waals surface area contributed by atoms with Crippen LogP contribution in [0, 0.1) is 6.92 Å². The van der Waals surface area contributed by atoms with E-state index < -0.39 is 0 Å². The molecule has 0 aromatic heterocycles. The van der Waals surface area contributed by atoms with Gasteiger partial charge in [-0.1, -0.05) is 36.8 Å². The monoisotopic (exact) mass is 304 g/mol. The highest BCUT2D eigenvalue weighted by atomic mass is 32.2. The summed E-state index contributed by atoms with van der Waals surface area (Å²) in [7, 11) is 0. The lowest BCUT2D eigenvalue weighted by atomic mass is 10.1. The number of aryl methyl sites for hydroxylation is 1. The Kier molecular flexibility index (Phi) is 4.55. The Labute approximate surface area is 131 Å². The summed E-state index contributed by atoms with van der Waals surface area (Å²) in [6.45, 7) is 5.06. The number of hydrogen-bond acceptors (Lipinski definition) is 3. The van der Waals surface area contributed by atoms with Crippen LogP contribution in [0.4, 0.5) is 0 Å². The van der Waals surface area contributed by atoms with Gasteiger partial charge in [0.05, 0.1) is 6.04 Å². The van der Waals surface area contributed by atoms with Crippen molar-refractivity contribution in [3.05, 3.63) is 35.4 Å². The van der Waals surface area contributed by atoms with Crippen molar-refractivity contribution in [1.82, 2.24) is 10.2 Å². The van der Waals surface area contributed by atoms with Gasteiger partial charge in [0, 0.05) is 11.8 Å². The lowest BCUT2D eigenvalue weighted by molar-refractivity contribution is -0.130. The van der Waals surface area contributed by atoms with Crippen molar-refractivity contribution in [3.63, 3.8) is 0 Å². The predicted octanol–water partition coefficient (Wildman–Crippen LogP) is 3.10. The molecule has 21 heavy (non-hydrogen) atoms. The van der Waals surface area contributed by atoms with E-state index in [1.165, 1.54) is 29.7 Å². The predicted molar refractivity (Wildman–Crippen MR) is 88.3 cm³/mol. The largest absolute Gasteiger partial charge is 0.320 e. The van der Waals surface area contributed by atoms with Gasteiger partial charge in [-0.3, -0.25) is 10.1 Å². The molecule has 0 bridgehead atoms. The zero-order valence-corrected chi connectivity index (χ0v) is 13.7. The van der Waals surface area contributed by atoms with Gasteiger partial charge in [-0.25, -0.2) is 0 Å². The quantitative estimate of drug-likeness (QED) is 0.927.